The summed E-state index contributed by atoms with van der Waals surface area (Å²) in [5.74, 6) is 2.05. The maximum Gasteiger partial charge on any atom is 0.222 e. The van der Waals surface area contributed by atoms with Crippen LogP contribution in [-0.4, -0.2) is 37.0 Å². The standard InChI is InChI=1S/C20H23N3O4/c1-25-16-5-6-17-15(11-16)13-22-23(17)9-8-20(24)21-12-14-4-7-18(26-2)19(10-14)27-3/h4-7,10-11,13H,8-9,12H2,1-3H3,(H,21,24). The van der Waals surface area contributed by atoms with Crippen LogP contribution in [0.1, 0.15) is 12.0 Å². The fourth-order valence-corrected chi connectivity index (χ4v) is 2.86. The van der Waals surface area contributed by atoms with Gasteiger partial charge in [0.2, 0.25) is 5.91 Å². The first-order valence-electron chi connectivity index (χ1n) is 8.61. The fraction of sp³-hybridized carbons (Fsp3) is 0.300. The van der Waals surface area contributed by atoms with Gasteiger partial charge in [-0.2, -0.15) is 5.10 Å². The Balaban J connectivity index is 1.56. The smallest absolute Gasteiger partial charge is 0.222 e. The van der Waals surface area contributed by atoms with Gasteiger partial charge >= 0.3 is 0 Å². The third-order valence-corrected chi connectivity index (χ3v) is 4.34. The lowest BCUT2D eigenvalue weighted by atomic mass is 10.2. The van der Waals surface area contributed by atoms with E-state index in [9.17, 15) is 4.79 Å². The molecular weight excluding hydrogens is 346 g/mol. The van der Waals surface area contributed by atoms with Crippen molar-refractivity contribution in [3.8, 4) is 17.2 Å². The molecule has 0 aliphatic heterocycles. The topological polar surface area (TPSA) is 74.6 Å². The highest BCUT2D eigenvalue weighted by molar-refractivity contribution is 5.80. The molecule has 0 radical (unpaired) electrons. The second kappa shape index (κ2) is 8.44. The summed E-state index contributed by atoms with van der Waals surface area (Å²) in [6, 6.07) is 11.3. The first-order chi connectivity index (χ1) is 13.1. The predicted octanol–water partition coefficient (Wildman–Crippen LogP) is 2.77. The van der Waals surface area contributed by atoms with Crippen LogP contribution >= 0.6 is 0 Å². The number of hydrogen-bond donors (Lipinski definition) is 1. The van der Waals surface area contributed by atoms with Crippen LogP contribution in [-0.2, 0) is 17.9 Å². The van der Waals surface area contributed by atoms with E-state index in [1.54, 1.807) is 27.5 Å². The summed E-state index contributed by atoms with van der Waals surface area (Å²) in [5, 5.41) is 8.26. The Bertz CT molecular complexity index is 936. The van der Waals surface area contributed by atoms with Crippen molar-refractivity contribution >= 4 is 16.8 Å². The summed E-state index contributed by atoms with van der Waals surface area (Å²) in [5.41, 5.74) is 1.92. The molecule has 0 saturated heterocycles. The van der Waals surface area contributed by atoms with Gasteiger partial charge < -0.3 is 19.5 Å². The van der Waals surface area contributed by atoms with E-state index in [1.165, 1.54) is 0 Å². The Morgan fingerprint density at radius 2 is 1.85 bits per heavy atom. The maximum atomic E-state index is 12.2. The van der Waals surface area contributed by atoms with E-state index in [0.29, 0.717) is 31.0 Å². The average Bonchev–Trinajstić information content (AvgIpc) is 3.12. The van der Waals surface area contributed by atoms with Gasteiger partial charge in [-0.15, -0.1) is 0 Å². The van der Waals surface area contributed by atoms with Crippen molar-refractivity contribution in [1.29, 1.82) is 0 Å². The minimum Gasteiger partial charge on any atom is -0.497 e. The highest BCUT2D eigenvalue weighted by Gasteiger charge is 2.08. The third-order valence-electron chi connectivity index (χ3n) is 4.34. The lowest BCUT2D eigenvalue weighted by molar-refractivity contribution is -0.121. The molecule has 2 aromatic carbocycles. The molecule has 0 saturated carbocycles. The Hall–Kier alpha value is -3.22. The van der Waals surface area contributed by atoms with Gasteiger partial charge in [0.05, 0.1) is 39.6 Å². The van der Waals surface area contributed by atoms with Crippen molar-refractivity contribution < 1.29 is 19.0 Å². The van der Waals surface area contributed by atoms with Crippen LogP contribution in [0.25, 0.3) is 10.9 Å². The van der Waals surface area contributed by atoms with Crippen LogP contribution in [0.2, 0.25) is 0 Å². The number of fused-ring (bicyclic) bond motifs is 1. The summed E-state index contributed by atoms with van der Waals surface area (Å²) in [7, 11) is 4.81. The second-order valence-electron chi connectivity index (χ2n) is 6.01. The van der Waals surface area contributed by atoms with Crippen molar-refractivity contribution in [3.05, 3.63) is 48.2 Å². The first kappa shape index (κ1) is 18.6. The summed E-state index contributed by atoms with van der Waals surface area (Å²) in [6.45, 7) is 0.934. The number of methoxy groups -OCH3 is 3. The molecule has 0 unspecified atom stereocenters. The zero-order chi connectivity index (χ0) is 19.2. The zero-order valence-electron chi connectivity index (χ0n) is 15.7. The van der Waals surface area contributed by atoms with E-state index in [4.69, 9.17) is 14.2 Å². The first-order valence-corrected chi connectivity index (χ1v) is 8.61. The summed E-state index contributed by atoms with van der Waals surface area (Å²) in [4.78, 5) is 12.2. The number of nitrogens with one attached hydrogen (secondary N) is 1. The number of ether oxygens (including phenoxy) is 3. The molecule has 27 heavy (non-hydrogen) atoms. The predicted molar refractivity (Wildman–Crippen MR) is 102 cm³/mol. The Kier molecular flexibility index (Phi) is 5.80. The monoisotopic (exact) mass is 369 g/mol. The summed E-state index contributed by atoms with van der Waals surface area (Å²) in [6.07, 6.45) is 2.12. The van der Waals surface area contributed by atoms with Crippen molar-refractivity contribution in [1.82, 2.24) is 15.1 Å². The molecule has 0 spiro atoms. The van der Waals surface area contributed by atoms with E-state index in [0.717, 1.165) is 22.2 Å². The number of rotatable bonds is 8. The number of carbonyl (C=O) groups is 1. The molecule has 1 aromatic heterocycles. The number of hydrogen-bond acceptors (Lipinski definition) is 5. The summed E-state index contributed by atoms with van der Waals surface area (Å²) >= 11 is 0. The van der Waals surface area contributed by atoms with Crippen LogP contribution in [0.4, 0.5) is 0 Å². The van der Waals surface area contributed by atoms with Gasteiger partial charge in [0.15, 0.2) is 11.5 Å². The number of nitrogens with zero attached hydrogens (tertiary/aromatic N) is 2. The molecule has 0 aliphatic carbocycles. The van der Waals surface area contributed by atoms with Crippen LogP contribution in [0.5, 0.6) is 17.2 Å². The van der Waals surface area contributed by atoms with E-state index in [-0.39, 0.29) is 5.91 Å². The van der Waals surface area contributed by atoms with E-state index in [2.05, 4.69) is 10.4 Å². The molecule has 0 aliphatic rings. The number of aryl methyl sites for hydroxylation is 1. The lowest BCUT2D eigenvalue weighted by Gasteiger charge is -2.10. The number of amides is 1. The molecule has 0 bridgehead atoms. The largest absolute Gasteiger partial charge is 0.497 e. The van der Waals surface area contributed by atoms with E-state index >= 15 is 0 Å². The molecular formula is C20H23N3O4. The molecule has 0 atom stereocenters. The Morgan fingerprint density at radius 1 is 1.04 bits per heavy atom. The van der Waals surface area contributed by atoms with Gasteiger partial charge in [-0.3, -0.25) is 9.48 Å². The molecule has 3 aromatic rings. The van der Waals surface area contributed by atoms with Crippen LogP contribution in [0.15, 0.2) is 42.6 Å². The molecule has 3 rings (SSSR count). The van der Waals surface area contributed by atoms with Gasteiger partial charge in [0.25, 0.3) is 0 Å². The molecule has 1 N–H and O–H groups in total. The molecule has 142 valence electrons. The van der Waals surface area contributed by atoms with Crippen LogP contribution in [0, 0.1) is 0 Å². The third kappa shape index (κ3) is 4.31. The van der Waals surface area contributed by atoms with Crippen molar-refractivity contribution in [2.75, 3.05) is 21.3 Å². The van der Waals surface area contributed by atoms with Crippen LogP contribution in [0.3, 0.4) is 0 Å². The minimum absolute atomic E-state index is 0.0399. The van der Waals surface area contributed by atoms with Gasteiger partial charge in [-0.1, -0.05) is 6.07 Å². The Labute approximate surface area is 157 Å². The van der Waals surface area contributed by atoms with E-state index in [1.807, 2.05) is 41.1 Å². The quantitative estimate of drug-likeness (QED) is 0.661. The van der Waals surface area contributed by atoms with Gasteiger partial charge in [0.1, 0.15) is 5.75 Å². The van der Waals surface area contributed by atoms with Crippen molar-refractivity contribution in [2.45, 2.75) is 19.5 Å². The normalized spacial score (nSPS) is 10.6. The maximum absolute atomic E-state index is 12.2. The molecule has 7 heteroatoms. The lowest BCUT2D eigenvalue weighted by Crippen LogP contribution is -2.24. The van der Waals surface area contributed by atoms with Gasteiger partial charge in [0, 0.05) is 18.4 Å². The highest BCUT2D eigenvalue weighted by atomic mass is 16.5. The fourth-order valence-electron chi connectivity index (χ4n) is 2.86. The van der Waals surface area contributed by atoms with Crippen molar-refractivity contribution in [3.63, 3.8) is 0 Å². The molecule has 1 amide bonds. The minimum atomic E-state index is -0.0399. The number of aromatic nitrogens is 2. The second-order valence-corrected chi connectivity index (χ2v) is 6.01. The molecule has 0 fully saturated rings. The van der Waals surface area contributed by atoms with Crippen molar-refractivity contribution in [2.24, 2.45) is 0 Å². The molecule has 7 nitrogen and oxygen atoms in total. The number of carbonyl (C=O) groups excluding carboxylic acids is 1. The number of benzene rings is 2. The highest BCUT2D eigenvalue weighted by Crippen LogP contribution is 2.27. The summed E-state index contributed by atoms with van der Waals surface area (Å²) < 4.78 is 17.5. The SMILES string of the molecule is COc1ccc2c(cnn2CCC(=O)NCc2ccc(OC)c(OC)c2)c1. The van der Waals surface area contributed by atoms with Crippen LogP contribution < -0.4 is 19.5 Å². The van der Waals surface area contributed by atoms with Gasteiger partial charge in [-0.25, -0.2) is 0 Å². The van der Waals surface area contributed by atoms with E-state index < -0.39 is 0 Å². The molecule has 1 heterocycles. The Morgan fingerprint density at radius 3 is 2.59 bits per heavy atom. The average molecular weight is 369 g/mol. The zero-order valence-corrected chi connectivity index (χ0v) is 15.7. The van der Waals surface area contributed by atoms with Gasteiger partial charge in [-0.05, 0) is 35.9 Å².